The number of hydrogen-bond donors (Lipinski definition) is 1. The minimum atomic E-state index is -0.150. The van der Waals surface area contributed by atoms with Gasteiger partial charge in [-0.2, -0.15) is 0 Å². The van der Waals surface area contributed by atoms with E-state index in [0.29, 0.717) is 25.0 Å². The van der Waals surface area contributed by atoms with Gasteiger partial charge in [-0.15, -0.1) is 0 Å². The van der Waals surface area contributed by atoms with E-state index in [2.05, 4.69) is 23.7 Å². The van der Waals surface area contributed by atoms with Crippen molar-refractivity contribution in [2.45, 2.75) is 40.5 Å². The maximum atomic E-state index is 12.0. The van der Waals surface area contributed by atoms with Crippen LogP contribution in [0.15, 0.2) is 16.3 Å². The van der Waals surface area contributed by atoms with E-state index in [0.717, 1.165) is 6.54 Å². The van der Waals surface area contributed by atoms with Gasteiger partial charge < -0.3 is 10.0 Å². The fraction of sp³-hybridized carbons (Fsp3) is 0.750. The Kier molecular flexibility index (Phi) is 5.14. The van der Waals surface area contributed by atoms with Crippen molar-refractivity contribution in [3.8, 4) is 0 Å². The van der Waals surface area contributed by atoms with Gasteiger partial charge in [0.25, 0.3) is 0 Å². The van der Waals surface area contributed by atoms with Crippen molar-refractivity contribution in [2.24, 2.45) is 15.8 Å². The highest BCUT2D eigenvalue weighted by atomic mass is 16.3. The number of hydrogen-bond acceptors (Lipinski definition) is 4. The number of rotatable bonds is 5. The molecule has 0 aromatic heterocycles. The maximum absolute atomic E-state index is 12.0. The Morgan fingerprint density at radius 2 is 1.95 bits per heavy atom. The third-order valence-electron chi connectivity index (χ3n) is 3.38. The molecule has 0 amide bonds. The Morgan fingerprint density at radius 1 is 1.35 bits per heavy atom. The van der Waals surface area contributed by atoms with Crippen LogP contribution in [0.1, 0.15) is 40.5 Å². The van der Waals surface area contributed by atoms with Crippen LogP contribution in [-0.2, 0) is 4.79 Å². The first-order valence-corrected chi connectivity index (χ1v) is 7.12. The summed E-state index contributed by atoms with van der Waals surface area (Å²) in [6.07, 6.45) is 2.57. The molecule has 0 spiro atoms. The molecule has 0 saturated carbocycles. The minimum absolute atomic E-state index is 0.00656. The molecule has 0 saturated heterocycles. The highest BCUT2D eigenvalue weighted by Crippen LogP contribution is 2.35. The van der Waals surface area contributed by atoms with Gasteiger partial charge in [-0.25, -0.2) is 0 Å². The van der Waals surface area contributed by atoms with Crippen LogP contribution in [0.5, 0.6) is 0 Å². The van der Waals surface area contributed by atoms with Gasteiger partial charge in [0.05, 0.1) is 5.57 Å². The average molecular weight is 280 g/mol. The average Bonchev–Trinajstić information content (AvgIpc) is 2.18. The number of aliphatic imine (C=N–C) groups is 1. The molecule has 0 aliphatic heterocycles. The Balaban J connectivity index is 2.73. The number of Topliss-reactive ketones (excluding diaryl/α,β-unsaturated/α-hetero) is 1. The number of allylic oxidation sites excluding steroid dienone is 2. The maximum Gasteiger partial charge on any atom is 0.168 e. The molecule has 0 aromatic carbocycles. The van der Waals surface area contributed by atoms with E-state index in [-0.39, 0.29) is 22.4 Å². The quantitative estimate of drug-likeness (QED) is 0.788. The van der Waals surface area contributed by atoms with Gasteiger partial charge in [0.1, 0.15) is 5.76 Å². The van der Waals surface area contributed by atoms with Crippen molar-refractivity contribution in [3.05, 3.63) is 11.3 Å². The second-order valence-electron chi connectivity index (χ2n) is 7.67. The van der Waals surface area contributed by atoms with E-state index in [4.69, 9.17) is 0 Å². The van der Waals surface area contributed by atoms with Crippen LogP contribution in [0.3, 0.4) is 0 Å². The van der Waals surface area contributed by atoms with Crippen molar-refractivity contribution in [1.82, 2.24) is 4.90 Å². The summed E-state index contributed by atoms with van der Waals surface area (Å²) in [6, 6.07) is 0. The van der Waals surface area contributed by atoms with E-state index in [1.165, 1.54) is 0 Å². The van der Waals surface area contributed by atoms with Crippen LogP contribution < -0.4 is 0 Å². The summed E-state index contributed by atoms with van der Waals surface area (Å²) in [7, 11) is 4.07. The topological polar surface area (TPSA) is 52.9 Å². The van der Waals surface area contributed by atoms with Crippen molar-refractivity contribution in [3.63, 3.8) is 0 Å². The highest BCUT2D eigenvalue weighted by Gasteiger charge is 2.32. The van der Waals surface area contributed by atoms with Crippen LogP contribution in [0, 0.1) is 10.8 Å². The molecule has 0 aromatic rings. The van der Waals surface area contributed by atoms with E-state index in [9.17, 15) is 9.90 Å². The number of nitrogens with zero attached hydrogens (tertiary/aromatic N) is 2. The first kappa shape index (κ1) is 16.9. The lowest BCUT2D eigenvalue weighted by Gasteiger charge is -2.29. The smallest absolute Gasteiger partial charge is 0.168 e. The highest BCUT2D eigenvalue weighted by molar-refractivity contribution is 6.14. The minimum Gasteiger partial charge on any atom is -0.511 e. The lowest BCUT2D eigenvalue weighted by Crippen LogP contribution is -2.31. The number of aliphatic hydroxyl groups excluding tert-OH is 1. The second kappa shape index (κ2) is 6.08. The third kappa shape index (κ3) is 5.08. The number of ketones is 1. The zero-order valence-corrected chi connectivity index (χ0v) is 13.7. The Bertz CT molecular complexity index is 432. The molecule has 0 bridgehead atoms. The fourth-order valence-corrected chi connectivity index (χ4v) is 2.74. The SMILES string of the molecule is CN(C)CC(C)(C)CN=CC1=C(O)CC(C)(C)CC1=O. The van der Waals surface area contributed by atoms with Crippen LogP contribution in [-0.4, -0.2) is 49.2 Å². The van der Waals surface area contributed by atoms with E-state index >= 15 is 0 Å². The first-order valence-electron chi connectivity index (χ1n) is 7.12. The third-order valence-corrected chi connectivity index (χ3v) is 3.38. The molecule has 1 N–H and O–H groups in total. The fourth-order valence-electron chi connectivity index (χ4n) is 2.74. The molecule has 0 fully saturated rings. The van der Waals surface area contributed by atoms with Crippen LogP contribution in [0.2, 0.25) is 0 Å². The summed E-state index contributed by atoms with van der Waals surface area (Å²) in [5.74, 6) is 0.174. The standard InChI is InChI=1S/C16H28N2O2/c1-15(2)7-13(19)12(14(20)8-15)9-17-10-16(3,4)11-18(5)6/h9,19H,7-8,10-11H2,1-6H3. The van der Waals surface area contributed by atoms with E-state index in [1.807, 2.05) is 27.9 Å². The lowest BCUT2D eigenvalue weighted by atomic mass is 9.77. The van der Waals surface area contributed by atoms with Gasteiger partial charge in [-0.3, -0.25) is 9.79 Å². The summed E-state index contributed by atoms with van der Waals surface area (Å²) in [4.78, 5) is 18.5. The van der Waals surface area contributed by atoms with Crippen molar-refractivity contribution < 1.29 is 9.90 Å². The van der Waals surface area contributed by atoms with Crippen LogP contribution >= 0.6 is 0 Å². The van der Waals surface area contributed by atoms with Crippen LogP contribution in [0.25, 0.3) is 0 Å². The predicted molar refractivity (Wildman–Crippen MR) is 83.4 cm³/mol. The predicted octanol–water partition coefficient (Wildman–Crippen LogP) is 2.85. The van der Waals surface area contributed by atoms with Gasteiger partial charge >= 0.3 is 0 Å². The summed E-state index contributed by atoms with van der Waals surface area (Å²) >= 11 is 0. The van der Waals surface area contributed by atoms with Crippen molar-refractivity contribution in [2.75, 3.05) is 27.2 Å². The number of carbonyl (C=O) groups is 1. The second-order valence-corrected chi connectivity index (χ2v) is 7.67. The van der Waals surface area contributed by atoms with Crippen molar-refractivity contribution >= 4 is 12.0 Å². The zero-order chi connectivity index (χ0) is 15.6. The monoisotopic (exact) mass is 280 g/mol. The molecule has 0 atom stereocenters. The van der Waals surface area contributed by atoms with Crippen LogP contribution in [0.4, 0.5) is 0 Å². The molecule has 4 heteroatoms. The zero-order valence-electron chi connectivity index (χ0n) is 13.7. The van der Waals surface area contributed by atoms with Gasteiger partial charge in [0.15, 0.2) is 5.78 Å². The Hall–Kier alpha value is -1.16. The Labute approximate surface area is 122 Å². The summed E-state index contributed by atoms with van der Waals surface area (Å²) in [6.45, 7) is 9.84. The molecular weight excluding hydrogens is 252 g/mol. The molecule has 114 valence electrons. The molecule has 0 heterocycles. The summed E-state index contributed by atoms with van der Waals surface area (Å²) < 4.78 is 0. The number of carbonyl (C=O) groups excluding carboxylic acids is 1. The van der Waals surface area contributed by atoms with Gasteiger partial charge in [-0.05, 0) is 24.9 Å². The molecule has 20 heavy (non-hydrogen) atoms. The van der Waals surface area contributed by atoms with E-state index in [1.54, 1.807) is 6.21 Å². The van der Waals surface area contributed by atoms with E-state index < -0.39 is 0 Å². The Morgan fingerprint density at radius 3 is 2.45 bits per heavy atom. The number of aliphatic hydroxyl groups is 1. The largest absolute Gasteiger partial charge is 0.511 e. The molecule has 1 aliphatic carbocycles. The van der Waals surface area contributed by atoms with Crippen molar-refractivity contribution in [1.29, 1.82) is 0 Å². The molecule has 4 nitrogen and oxygen atoms in total. The molecule has 1 rings (SSSR count). The molecular formula is C16H28N2O2. The van der Waals surface area contributed by atoms with Gasteiger partial charge in [0, 0.05) is 32.1 Å². The molecule has 0 unspecified atom stereocenters. The summed E-state index contributed by atoms with van der Waals surface area (Å²) in [5, 5.41) is 10.0. The van der Waals surface area contributed by atoms with Gasteiger partial charge in [0.2, 0.25) is 0 Å². The lowest BCUT2D eigenvalue weighted by molar-refractivity contribution is -0.117. The normalized spacial score (nSPS) is 20.2. The summed E-state index contributed by atoms with van der Waals surface area (Å²) in [5.41, 5.74) is 0.292. The first-order chi connectivity index (χ1) is 9.02. The molecule has 1 aliphatic rings. The molecule has 0 radical (unpaired) electrons. The van der Waals surface area contributed by atoms with Gasteiger partial charge in [-0.1, -0.05) is 27.7 Å².